The molecule has 0 spiro atoms. The standard InChI is InChI=1S/C33H24N4O4Si/c1-3-42(2,38-22-24-4-10-30(11-5-24)40-32-14-8-26(18-34)28(16-32)20-36)39-23-25-6-12-31(13-7-25)41-33-15-9-27(19-35)29(17-33)21-37/h3-17H,1,22-23H2,2H3. The summed E-state index contributed by atoms with van der Waals surface area (Å²) >= 11 is 0. The molecular weight excluding hydrogens is 544 g/mol. The fourth-order valence-corrected chi connectivity index (χ4v) is 4.97. The minimum absolute atomic E-state index is 0.260. The van der Waals surface area contributed by atoms with E-state index >= 15 is 0 Å². The lowest BCUT2D eigenvalue weighted by Crippen LogP contribution is -2.36. The van der Waals surface area contributed by atoms with Gasteiger partial charge in [-0.2, -0.15) is 21.0 Å². The van der Waals surface area contributed by atoms with Gasteiger partial charge in [-0.3, -0.25) is 0 Å². The van der Waals surface area contributed by atoms with Crippen LogP contribution >= 0.6 is 0 Å². The molecule has 0 atom stereocenters. The summed E-state index contributed by atoms with van der Waals surface area (Å²) in [6.07, 6.45) is 0. The third-order valence-electron chi connectivity index (χ3n) is 6.20. The first kappa shape index (κ1) is 29.3. The van der Waals surface area contributed by atoms with Crippen LogP contribution in [0.25, 0.3) is 0 Å². The highest BCUT2D eigenvalue weighted by Gasteiger charge is 2.27. The highest BCUT2D eigenvalue weighted by molar-refractivity contribution is 6.71. The van der Waals surface area contributed by atoms with Crippen LogP contribution < -0.4 is 9.47 Å². The first-order chi connectivity index (χ1) is 20.4. The summed E-state index contributed by atoms with van der Waals surface area (Å²) in [4.78, 5) is 0. The Morgan fingerprint density at radius 1 is 0.571 bits per heavy atom. The predicted octanol–water partition coefficient (Wildman–Crippen LogP) is 7.29. The van der Waals surface area contributed by atoms with Crippen LogP contribution in [0.2, 0.25) is 6.55 Å². The van der Waals surface area contributed by atoms with E-state index < -0.39 is 8.56 Å². The Morgan fingerprint density at radius 2 is 0.929 bits per heavy atom. The first-order valence-corrected chi connectivity index (χ1v) is 15.1. The molecule has 4 rings (SSSR count). The maximum absolute atomic E-state index is 9.21. The summed E-state index contributed by atoms with van der Waals surface area (Å²) in [5.74, 6) is 2.11. The number of ether oxygens (including phenoxy) is 2. The van der Waals surface area contributed by atoms with E-state index in [1.54, 1.807) is 54.2 Å². The number of benzene rings is 4. The molecule has 42 heavy (non-hydrogen) atoms. The van der Waals surface area contributed by atoms with Gasteiger partial charge in [-0.05, 0) is 84.0 Å². The van der Waals surface area contributed by atoms with E-state index in [0.29, 0.717) is 47.3 Å². The van der Waals surface area contributed by atoms with E-state index in [1.165, 1.54) is 12.1 Å². The summed E-state index contributed by atoms with van der Waals surface area (Å²) in [5, 5.41) is 36.6. The molecule has 0 amide bonds. The van der Waals surface area contributed by atoms with Gasteiger partial charge in [0.15, 0.2) is 0 Å². The van der Waals surface area contributed by atoms with Gasteiger partial charge in [0.05, 0.1) is 35.5 Å². The fourth-order valence-electron chi connectivity index (χ4n) is 3.75. The van der Waals surface area contributed by atoms with Gasteiger partial charge >= 0.3 is 8.56 Å². The monoisotopic (exact) mass is 568 g/mol. The molecule has 4 aromatic carbocycles. The molecule has 0 bridgehead atoms. The molecule has 0 aliphatic carbocycles. The Balaban J connectivity index is 1.30. The van der Waals surface area contributed by atoms with Gasteiger partial charge in [0.1, 0.15) is 47.3 Å². The molecule has 0 aliphatic rings. The van der Waals surface area contributed by atoms with Crippen molar-refractivity contribution in [1.29, 1.82) is 21.0 Å². The zero-order valence-corrected chi connectivity index (χ0v) is 23.7. The molecule has 0 unspecified atom stereocenters. The summed E-state index contributed by atoms with van der Waals surface area (Å²) in [6.45, 7) is 6.49. The second-order valence-electron chi connectivity index (χ2n) is 9.15. The van der Waals surface area contributed by atoms with Crippen molar-refractivity contribution in [2.45, 2.75) is 19.8 Å². The van der Waals surface area contributed by atoms with Crippen LogP contribution in [0.1, 0.15) is 33.4 Å². The van der Waals surface area contributed by atoms with Crippen LogP contribution in [0.4, 0.5) is 0 Å². The lowest BCUT2D eigenvalue weighted by atomic mass is 10.1. The first-order valence-electron chi connectivity index (χ1n) is 12.7. The largest absolute Gasteiger partial charge is 0.457 e. The molecule has 0 radical (unpaired) electrons. The maximum Gasteiger partial charge on any atom is 0.361 e. The quantitative estimate of drug-likeness (QED) is 0.172. The van der Waals surface area contributed by atoms with Crippen LogP contribution in [-0.4, -0.2) is 8.56 Å². The molecule has 0 aromatic heterocycles. The van der Waals surface area contributed by atoms with Crippen molar-refractivity contribution in [3.05, 3.63) is 131 Å². The van der Waals surface area contributed by atoms with Gasteiger partial charge in [0.2, 0.25) is 0 Å². The third-order valence-corrected chi connectivity index (χ3v) is 8.38. The van der Waals surface area contributed by atoms with E-state index in [2.05, 4.69) is 6.58 Å². The van der Waals surface area contributed by atoms with E-state index in [9.17, 15) is 10.5 Å². The SMILES string of the molecule is C=C[Si](C)(OCc1ccc(Oc2ccc(C#N)c(C#N)c2)cc1)OCc1ccc(Oc2ccc(C#N)c(C#N)c2)cc1. The molecule has 0 fully saturated rings. The van der Waals surface area contributed by atoms with Crippen molar-refractivity contribution in [2.75, 3.05) is 0 Å². The van der Waals surface area contributed by atoms with E-state index in [4.69, 9.17) is 28.8 Å². The van der Waals surface area contributed by atoms with Crippen molar-refractivity contribution >= 4 is 8.56 Å². The van der Waals surface area contributed by atoms with Crippen molar-refractivity contribution in [2.24, 2.45) is 0 Å². The van der Waals surface area contributed by atoms with Crippen LogP contribution in [0.15, 0.2) is 97.2 Å². The van der Waals surface area contributed by atoms with Crippen molar-refractivity contribution < 1.29 is 18.3 Å². The second-order valence-corrected chi connectivity index (χ2v) is 12.2. The minimum Gasteiger partial charge on any atom is -0.457 e. The van der Waals surface area contributed by atoms with Crippen LogP contribution in [0.5, 0.6) is 23.0 Å². The molecule has 9 heteroatoms. The van der Waals surface area contributed by atoms with Gasteiger partial charge in [-0.25, -0.2) is 0 Å². The summed E-state index contributed by atoms with van der Waals surface area (Å²) in [7, 11) is -2.69. The highest BCUT2D eigenvalue weighted by atomic mass is 28.4. The average Bonchev–Trinajstić information content (AvgIpc) is 3.04. The minimum atomic E-state index is -2.69. The number of hydrogen-bond donors (Lipinski definition) is 0. The van der Waals surface area contributed by atoms with Gasteiger partial charge in [-0.1, -0.05) is 24.3 Å². The summed E-state index contributed by atoms with van der Waals surface area (Å²) in [6, 6.07) is 32.2. The Kier molecular flexibility index (Phi) is 9.48. The lowest BCUT2D eigenvalue weighted by molar-refractivity contribution is 0.169. The Hall–Kier alpha value is -5.68. The second kappa shape index (κ2) is 13.6. The predicted molar refractivity (Wildman–Crippen MR) is 156 cm³/mol. The van der Waals surface area contributed by atoms with Crippen molar-refractivity contribution in [3.8, 4) is 47.3 Å². The highest BCUT2D eigenvalue weighted by Crippen LogP contribution is 2.26. The number of rotatable bonds is 11. The number of hydrogen-bond acceptors (Lipinski definition) is 8. The van der Waals surface area contributed by atoms with Crippen molar-refractivity contribution in [3.63, 3.8) is 0 Å². The topological polar surface area (TPSA) is 132 Å². The normalized spacial score (nSPS) is 10.4. The van der Waals surface area contributed by atoms with Gasteiger partial charge in [-0.15, -0.1) is 6.58 Å². The lowest BCUT2D eigenvalue weighted by Gasteiger charge is -2.24. The zero-order valence-electron chi connectivity index (χ0n) is 22.7. The Labute approximate surface area is 245 Å². The maximum atomic E-state index is 9.21. The molecule has 204 valence electrons. The zero-order chi connectivity index (χ0) is 30.0. The molecule has 0 heterocycles. The smallest absolute Gasteiger partial charge is 0.361 e. The number of nitriles is 4. The average molecular weight is 569 g/mol. The fraction of sp³-hybridized carbons (Fsp3) is 0.0909. The molecule has 0 N–H and O–H groups in total. The van der Waals surface area contributed by atoms with E-state index in [0.717, 1.165) is 11.1 Å². The van der Waals surface area contributed by atoms with Crippen LogP contribution in [0.3, 0.4) is 0 Å². The molecule has 0 aliphatic heterocycles. The van der Waals surface area contributed by atoms with Gasteiger partial charge in [0.25, 0.3) is 0 Å². The van der Waals surface area contributed by atoms with E-state index in [1.807, 2.05) is 55.1 Å². The Bertz CT molecular complexity index is 1630. The van der Waals surface area contributed by atoms with Gasteiger partial charge < -0.3 is 18.3 Å². The van der Waals surface area contributed by atoms with E-state index in [-0.39, 0.29) is 11.1 Å². The van der Waals surface area contributed by atoms with Crippen LogP contribution in [0, 0.1) is 45.3 Å². The summed E-state index contributed by atoms with van der Waals surface area (Å²) in [5.41, 5.74) is 4.71. The van der Waals surface area contributed by atoms with Crippen molar-refractivity contribution in [1.82, 2.24) is 0 Å². The molecule has 8 nitrogen and oxygen atoms in total. The van der Waals surface area contributed by atoms with Gasteiger partial charge in [0, 0.05) is 0 Å². The molecule has 0 saturated carbocycles. The molecule has 4 aromatic rings. The molecular formula is C33H24N4O4Si. The third kappa shape index (κ3) is 7.49. The summed E-state index contributed by atoms with van der Waals surface area (Å²) < 4.78 is 24.0. The molecule has 0 saturated heterocycles. The number of nitrogens with zero attached hydrogens (tertiary/aromatic N) is 4. The Morgan fingerprint density at radius 3 is 1.26 bits per heavy atom. The van der Waals surface area contributed by atoms with Crippen LogP contribution in [-0.2, 0) is 22.1 Å².